The van der Waals surface area contributed by atoms with Crippen LogP contribution in [0.3, 0.4) is 0 Å². The number of H-pyrrole nitrogens is 1. The number of rotatable bonds is 4. The molecule has 0 aliphatic carbocycles. The molecule has 4 aromatic rings. The van der Waals surface area contributed by atoms with Gasteiger partial charge < -0.3 is 14.8 Å². The van der Waals surface area contributed by atoms with Gasteiger partial charge in [-0.2, -0.15) is 13.2 Å². The maximum atomic E-state index is 13.0. The third-order valence-electron chi connectivity index (χ3n) is 6.07. The van der Waals surface area contributed by atoms with Crippen LogP contribution in [0, 0.1) is 0 Å². The molecule has 0 atom stereocenters. The highest BCUT2D eigenvalue weighted by molar-refractivity contribution is 7.17. The normalized spacial score (nSPS) is 15.2. The van der Waals surface area contributed by atoms with E-state index in [1.807, 2.05) is 22.4 Å². The molecule has 0 bridgehead atoms. The number of halogens is 4. The molecule has 0 radical (unpaired) electrons. The number of nitrogens with one attached hydrogen (secondary N) is 2. The van der Waals surface area contributed by atoms with E-state index in [4.69, 9.17) is 11.6 Å². The molecule has 0 saturated carbocycles. The number of hydrogen-bond acceptors (Lipinski definition) is 4. The summed E-state index contributed by atoms with van der Waals surface area (Å²) in [5.74, 6) is 0.615. The Balaban J connectivity index is 1.29. The molecular weight excluding hydrogens is 485 g/mol. The Kier molecular flexibility index (Phi) is 6.09. The van der Waals surface area contributed by atoms with Crippen molar-refractivity contribution in [1.29, 1.82) is 0 Å². The Labute approximate surface area is 202 Å². The fourth-order valence-electron chi connectivity index (χ4n) is 4.29. The van der Waals surface area contributed by atoms with Crippen LogP contribution in [0.4, 0.5) is 18.9 Å². The van der Waals surface area contributed by atoms with Gasteiger partial charge in [-0.3, -0.25) is 4.79 Å². The number of nitrogens with zero attached hydrogens (tertiary/aromatic N) is 2. The lowest BCUT2D eigenvalue weighted by Gasteiger charge is -2.33. The van der Waals surface area contributed by atoms with Gasteiger partial charge in [-0.05, 0) is 35.9 Å². The van der Waals surface area contributed by atoms with E-state index in [9.17, 15) is 18.0 Å². The molecule has 176 valence electrons. The molecule has 0 spiro atoms. The zero-order valence-electron chi connectivity index (χ0n) is 18.0. The fraction of sp³-hybridized carbons (Fsp3) is 0.250. The third-order valence-corrected chi connectivity index (χ3v) is 7.20. The van der Waals surface area contributed by atoms with E-state index in [1.165, 1.54) is 28.4 Å². The minimum absolute atomic E-state index is 0.173. The zero-order chi connectivity index (χ0) is 23.9. The summed E-state index contributed by atoms with van der Waals surface area (Å²) in [7, 11) is 0. The second-order valence-corrected chi connectivity index (χ2v) is 9.61. The molecular formula is C24H21ClF3N4OS+. The number of anilines is 1. The summed E-state index contributed by atoms with van der Waals surface area (Å²) in [5.41, 5.74) is 1.51. The molecule has 1 saturated heterocycles. The third kappa shape index (κ3) is 4.68. The minimum Gasteiger partial charge on any atom is -0.360 e. The first-order valence-electron chi connectivity index (χ1n) is 10.8. The van der Waals surface area contributed by atoms with E-state index in [2.05, 4.69) is 9.97 Å². The van der Waals surface area contributed by atoms with Gasteiger partial charge in [0, 0.05) is 21.7 Å². The molecule has 10 heteroatoms. The van der Waals surface area contributed by atoms with Crippen LogP contribution < -0.4 is 15.4 Å². The molecule has 0 unspecified atom stereocenters. The predicted octanol–water partition coefficient (Wildman–Crippen LogP) is 4.23. The number of benzene rings is 2. The van der Waals surface area contributed by atoms with Crippen LogP contribution in [0.2, 0.25) is 5.02 Å². The summed E-state index contributed by atoms with van der Waals surface area (Å²) in [6.07, 6.45) is -4.35. The maximum absolute atomic E-state index is 13.0. The van der Waals surface area contributed by atoms with Gasteiger partial charge in [0.1, 0.15) is 11.4 Å². The van der Waals surface area contributed by atoms with Crippen LogP contribution in [0.15, 0.2) is 58.7 Å². The van der Waals surface area contributed by atoms with Crippen LogP contribution in [0.1, 0.15) is 11.4 Å². The smallest absolute Gasteiger partial charge is 0.360 e. The average molecular weight is 506 g/mol. The molecule has 2 aromatic heterocycles. The van der Waals surface area contributed by atoms with Crippen LogP contribution in [-0.4, -0.2) is 36.1 Å². The van der Waals surface area contributed by atoms with Gasteiger partial charge >= 0.3 is 6.18 Å². The summed E-state index contributed by atoms with van der Waals surface area (Å²) in [6, 6.07) is 12.8. The van der Waals surface area contributed by atoms with E-state index >= 15 is 0 Å². The van der Waals surface area contributed by atoms with Gasteiger partial charge in [-0.25, -0.2) is 4.98 Å². The standard InChI is InChI=1S/C24H20ClF3N4OS/c25-17-6-4-15(5-7-17)19-14-34-23-21(19)22(33)29-20(30-23)13-31-8-10-32(11-9-31)18-3-1-2-16(12-18)24(26,27)28/h1-7,12,14H,8-11,13H2,(H,29,30,33)/p+1. The number of aromatic nitrogens is 2. The molecule has 34 heavy (non-hydrogen) atoms. The maximum Gasteiger partial charge on any atom is 0.416 e. The molecule has 5 rings (SSSR count). The number of hydrogen-bond donors (Lipinski definition) is 2. The number of piperazine rings is 1. The first-order chi connectivity index (χ1) is 16.3. The van der Waals surface area contributed by atoms with Crippen molar-refractivity contribution in [2.24, 2.45) is 0 Å². The van der Waals surface area contributed by atoms with E-state index in [-0.39, 0.29) is 5.56 Å². The molecule has 0 amide bonds. The number of quaternary nitrogens is 1. The van der Waals surface area contributed by atoms with Crippen LogP contribution in [0.5, 0.6) is 0 Å². The molecule has 1 aliphatic rings. The minimum atomic E-state index is -4.35. The largest absolute Gasteiger partial charge is 0.416 e. The van der Waals surface area contributed by atoms with Crippen LogP contribution in [0.25, 0.3) is 21.3 Å². The van der Waals surface area contributed by atoms with Crippen molar-refractivity contribution in [3.63, 3.8) is 0 Å². The lowest BCUT2D eigenvalue weighted by Crippen LogP contribution is -3.13. The molecule has 1 aliphatic heterocycles. The Hall–Kier alpha value is -2.88. The highest BCUT2D eigenvalue weighted by Crippen LogP contribution is 2.32. The van der Waals surface area contributed by atoms with E-state index in [0.717, 1.165) is 30.3 Å². The van der Waals surface area contributed by atoms with Gasteiger partial charge in [-0.1, -0.05) is 29.8 Å². The highest BCUT2D eigenvalue weighted by Gasteiger charge is 2.31. The Morgan fingerprint density at radius 3 is 2.56 bits per heavy atom. The molecule has 2 N–H and O–H groups in total. The Bertz CT molecular complexity index is 1380. The van der Waals surface area contributed by atoms with E-state index in [0.29, 0.717) is 46.4 Å². The molecule has 2 aromatic carbocycles. The summed E-state index contributed by atoms with van der Waals surface area (Å²) in [4.78, 5) is 24.4. The van der Waals surface area contributed by atoms with Crippen molar-refractivity contribution in [3.05, 3.63) is 80.7 Å². The quantitative estimate of drug-likeness (QED) is 0.436. The van der Waals surface area contributed by atoms with E-state index in [1.54, 1.807) is 18.2 Å². The lowest BCUT2D eigenvalue weighted by atomic mass is 10.1. The fourth-order valence-corrected chi connectivity index (χ4v) is 5.39. The molecule has 5 nitrogen and oxygen atoms in total. The molecule has 1 fully saturated rings. The van der Waals surface area contributed by atoms with Gasteiger partial charge in [0.2, 0.25) is 0 Å². The monoisotopic (exact) mass is 505 g/mol. The number of fused-ring (bicyclic) bond motifs is 1. The summed E-state index contributed by atoms with van der Waals surface area (Å²) in [5, 5.41) is 3.13. The Morgan fingerprint density at radius 1 is 1.12 bits per heavy atom. The van der Waals surface area contributed by atoms with E-state index < -0.39 is 11.7 Å². The van der Waals surface area contributed by atoms with Gasteiger partial charge in [0.25, 0.3) is 5.56 Å². The summed E-state index contributed by atoms with van der Waals surface area (Å²) < 4.78 is 39.1. The van der Waals surface area contributed by atoms with Crippen LogP contribution in [-0.2, 0) is 12.7 Å². The van der Waals surface area contributed by atoms with Crippen LogP contribution >= 0.6 is 22.9 Å². The van der Waals surface area contributed by atoms with Crippen molar-refractivity contribution in [1.82, 2.24) is 9.97 Å². The van der Waals surface area contributed by atoms with Gasteiger partial charge in [0.05, 0.1) is 37.1 Å². The number of alkyl halides is 3. The van der Waals surface area contributed by atoms with Gasteiger partial charge in [0.15, 0.2) is 5.82 Å². The number of aromatic amines is 1. The molecule has 3 heterocycles. The predicted molar refractivity (Wildman–Crippen MR) is 129 cm³/mol. The first-order valence-corrected chi connectivity index (χ1v) is 12.1. The summed E-state index contributed by atoms with van der Waals surface area (Å²) >= 11 is 7.41. The SMILES string of the molecule is O=c1[nH]c(C[NH+]2CCN(c3cccc(C(F)(F)F)c3)CC2)nc2scc(-c3ccc(Cl)cc3)c12. The topological polar surface area (TPSA) is 53.4 Å². The van der Waals surface area contributed by atoms with Crippen molar-refractivity contribution in [3.8, 4) is 11.1 Å². The van der Waals surface area contributed by atoms with Crippen molar-refractivity contribution >= 4 is 38.8 Å². The number of thiophene rings is 1. The zero-order valence-corrected chi connectivity index (χ0v) is 19.5. The second-order valence-electron chi connectivity index (χ2n) is 8.31. The van der Waals surface area contributed by atoms with Crippen molar-refractivity contribution in [2.75, 3.05) is 31.1 Å². The highest BCUT2D eigenvalue weighted by atomic mass is 35.5. The Morgan fingerprint density at radius 2 is 1.85 bits per heavy atom. The summed E-state index contributed by atoms with van der Waals surface area (Å²) in [6.45, 7) is 3.28. The average Bonchev–Trinajstić information content (AvgIpc) is 3.24. The van der Waals surface area contributed by atoms with Gasteiger partial charge in [-0.15, -0.1) is 11.3 Å². The lowest BCUT2D eigenvalue weighted by molar-refractivity contribution is -0.915. The van der Waals surface area contributed by atoms with Crippen molar-refractivity contribution in [2.45, 2.75) is 12.7 Å². The second kappa shape index (κ2) is 9.05. The van der Waals surface area contributed by atoms with Crippen molar-refractivity contribution < 1.29 is 18.1 Å². The first kappa shape index (κ1) is 22.9.